The van der Waals surface area contributed by atoms with Crippen molar-refractivity contribution in [2.45, 2.75) is 50.5 Å². The first-order chi connectivity index (χ1) is 25.7. The second-order valence-corrected chi connectivity index (χ2v) is 12.7. The molecule has 296 valence electrons. The Kier molecular flexibility index (Phi) is 15.1. The van der Waals surface area contributed by atoms with Crippen LogP contribution in [0.1, 0.15) is 41.4 Å². The third-order valence-electron chi connectivity index (χ3n) is 7.72. The number of ether oxygens (including phenoxy) is 2. The molecule has 19 heteroatoms. The number of carboxylic acid groups (broad SMARTS) is 1. The van der Waals surface area contributed by atoms with Crippen molar-refractivity contribution < 1.29 is 65.3 Å². The van der Waals surface area contributed by atoms with Gasteiger partial charge in [0, 0.05) is 17.0 Å². The number of hydrogen-bond acceptors (Lipinski definition) is 8. The fraction of sp³-hybridized carbons (Fsp3) is 0.333. The van der Waals surface area contributed by atoms with E-state index in [-0.39, 0.29) is 28.3 Å². The zero-order valence-electron chi connectivity index (χ0n) is 29.3. The number of amides is 4. The summed E-state index contributed by atoms with van der Waals surface area (Å²) in [5.74, 6) is -14.6. The number of ketones is 1. The quantitative estimate of drug-likeness (QED) is 0.0935. The summed E-state index contributed by atoms with van der Waals surface area (Å²) in [6, 6.07) is 11.7. The van der Waals surface area contributed by atoms with E-state index in [1.165, 1.54) is 93.8 Å². The molecule has 0 heterocycles. The van der Waals surface area contributed by atoms with E-state index in [9.17, 15) is 50.7 Å². The van der Waals surface area contributed by atoms with Gasteiger partial charge in [0.1, 0.15) is 30.1 Å². The number of aliphatic carboxylic acids is 1. The highest BCUT2D eigenvalue weighted by Gasteiger charge is 2.52. The lowest BCUT2D eigenvalue weighted by Crippen LogP contribution is -2.58. The highest BCUT2D eigenvalue weighted by Crippen LogP contribution is 2.24. The number of nitrogens with one attached hydrogen (secondary N) is 4. The van der Waals surface area contributed by atoms with Crippen LogP contribution in [0.2, 0.25) is 5.02 Å². The van der Waals surface area contributed by atoms with Gasteiger partial charge < -0.3 is 35.8 Å². The molecule has 0 aliphatic carbocycles. The number of alkyl halides is 5. The molecule has 5 N–H and O–H groups in total. The number of carboxylic acids is 1. The van der Waals surface area contributed by atoms with Crippen molar-refractivity contribution in [2.75, 3.05) is 20.3 Å². The second-order valence-electron chi connectivity index (χ2n) is 12.2. The van der Waals surface area contributed by atoms with E-state index in [1.54, 1.807) is 0 Å². The summed E-state index contributed by atoms with van der Waals surface area (Å²) in [6.45, 7) is -0.308. The molecule has 0 saturated carbocycles. The molecule has 55 heavy (non-hydrogen) atoms. The van der Waals surface area contributed by atoms with Crippen LogP contribution < -0.4 is 30.7 Å². The van der Waals surface area contributed by atoms with Crippen LogP contribution in [-0.2, 0) is 30.4 Å². The molecular weight excluding hydrogens is 763 g/mol. The first kappa shape index (κ1) is 43.6. The van der Waals surface area contributed by atoms with Gasteiger partial charge in [0.15, 0.2) is 6.61 Å². The Bertz CT molecular complexity index is 1860. The number of carbonyl (C=O) groups excluding carboxylic acids is 5. The predicted octanol–water partition coefficient (Wildman–Crippen LogP) is 4.03. The van der Waals surface area contributed by atoms with E-state index >= 15 is 0 Å². The SMILES string of the molecule is COc1ccc([C@H](NC(=O)[C@H](Cc2ccc(OCC(=O)O)cc2)NC(=O)c2cccc(Cl)c2)C(=O)N[C@H](C(=O)C(F)(F)C(=O)NCC(F)(F)F)C(C)C)cc1. The molecule has 0 spiro atoms. The molecule has 0 aliphatic heterocycles. The molecule has 0 radical (unpaired) electrons. The van der Waals surface area contributed by atoms with Gasteiger partial charge in [0.05, 0.1) is 13.2 Å². The van der Waals surface area contributed by atoms with E-state index in [4.69, 9.17) is 26.2 Å². The number of hydrogen-bond donors (Lipinski definition) is 5. The van der Waals surface area contributed by atoms with E-state index in [0.717, 1.165) is 5.32 Å². The van der Waals surface area contributed by atoms with Gasteiger partial charge in [-0.2, -0.15) is 22.0 Å². The number of halogens is 6. The standard InChI is InChI=1S/C36H36ClF5N4O9/c1-19(2)28(30(49)36(41,42)34(53)43-18-35(38,39)40)45-33(52)29(21-9-13-24(54-3)14-10-21)46-32(51)26(44-31(50)22-5-4-6-23(37)16-22)15-20-7-11-25(12-8-20)55-17-27(47)48/h4-14,16,19,26,28-29H,15,17-18H2,1-3H3,(H,43,53)(H,44,50)(H,45,52)(H,46,51)(H,47,48)/t26-,28-,29-/m0/s1. The summed E-state index contributed by atoms with van der Waals surface area (Å²) in [6.07, 6.45) is -5.28. The molecular formula is C36H36ClF5N4O9. The van der Waals surface area contributed by atoms with Gasteiger partial charge in [0.2, 0.25) is 17.6 Å². The smallest absolute Gasteiger partial charge is 0.405 e. The first-order valence-corrected chi connectivity index (χ1v) is 16.6. The zero-order chi connectivity index (χ0) is 41.1. The molecule has 3 aromatic carbocycles. The van der Waals surface area contributed by atoms with Crippen molar-refractivity contribution >= 4 is 47.0 Å². The maximum Gasteiger partial charge on any atom is 0.405 e. The molecule has 0 fully saturated rings. The van der Waals surface area contributed by atoms with Crippen molar-refractivity contribution in [3.8, 4) is 11.5 Å². The first-order valence-electron chi connectivity index (χ1n) is 16.2. The fourth-order valence-corrected chi connectivity index (χ4v) is 5.08. The maximum absolute atomic E-state index is 14.9. The Morgan fingerprint density at radius 1 is 0.818 bits per heavy atom. The van der Waals surface area contributed by atoms with Crippen molar-refractivity contribution in [3.63, 3.8) is 0 Å². The minimum absolute atomic E-state index is 0.0381. The average molecular weight is 799 g/mol. The predicted molar refractivity (Wildman–Crippen MR) is 186 cm³/mol. The van der Waals surface area contributed by atoms with Crippen LogP contribution in [-0.4, -0.2) is 84.9 Å². The highest BCUT2D eigenvalue weighted by molar-refractivity contribution is 6.31. The normalized spacial score (nSPS) is 13.1. The number of Topliss-reactive ketones (excluding diaryl/α,β-unsaturated/α-hetero) is 1. The molecule has 0 aromatic heterocycles. The summed E-state index contributed by atoms with van der Waals surface area (Å²) in [7, 11) is 1.35. The lowest BCUT2D eigenvalue weighted by molar-refractivity contribution is -0.165. The van der Waals surface area contributed by atoms with Gasteiger partial charge in [-0.3, -0.25) is 24.0 Å². The van der Waals surface area contributed by atoms with Crippen molar-refractivity contribution in [3.05, 3.63) is 94.5 Å². The molecule has 4 amide bonds. The Morgan fingerprint density at radius 3 is 1.98 bits per heavy atom. The Balaban J connectivity index is 1.97. The van der Waals surface area contributed by atoms with Crippen LogP contribution in [0.5, 0.6) is 11.5 Å². The molecule has 3 aromatic rings. The Morgan fingerprint density at radius 2 is 1.44 bits per heavy atom. The summed E-state index contributed by atoms with van der Waals surface area (Å²) >= 11 is 6.04. The number of rotatable bonds is 18. The van der Waals surface area contributed by atoms with Crippen LogP contribution in [0, 0.1) is 5.92 Å². The monoisotopic (exact) mass is 798 g/mol. The zero-order valence-corrected chi connectivity index (χ0v) is 30.1. The minimum Gasteiger partial charge on any atom is -0.497 e. The Hall–Kier alpha value is -5.78. The van der Waals surface area contributed by atoms with Crippen molar-refractivity contribution in [2.24, 2.45) is 5.92 Å². The third-order valence-corrected chi connectivity index (χ3v) is 7.96. The molecule has 0 bridgehead atoms. The number of carbonyl (C=O) groups is 6. The minimum atomic E-state index is -5.06. The van der Waals surface area contributed by atoms with Gasteiger partial charge in [-0.25, -0.2) is 4.79 Å². The average Bonchev–Trinajstić information content (AvgIpc) is 3.13. The van der Waals surface area contributed by atoms with Crippen LogP contribution in [0.4, 0.5) is 22.0 Å². The maximum atomic E-state index is 14.9. The van der Waals surface area contributed by atoms with E-state index in [1.807, 2.05) is 0 Å². The van der Waals surface area contributed by atoms with E-state index in [2.05, 4.69) is 16.0 Å². The molecule has 3 rings (SSSR count). The topological polar surface area (TPSA) is 189 Å². The lowest BCUT2D eigenvalue weighted by atomic mass is 9.94. The number of methoxy groups -OCH3 is 1. The van der Waals surface area contributed by atoms with Gasteiger partial charge in [-0.05, 0) is 59.5 Å². The lowest BCUT2D eigenvalue weighted by Gasteiger charge is -2.28. The van der Waals surface area contributed by atoms with E-state index in [0.29, 0.717) is 11.3 Å². The van der Waals surface area contributed by atoms with Crippen molar-refractivity contribution in [1.29, 1.82) is 0 Å². The molecule has 13 nitrogen and oxygen atoms in total. The van der Waals surface area contributed by atoms with Gasteiger partial charge in [-0.15, -0.1) is 0 Å². The van der Waals surface area contributed by atoms with E-state index < -0.39 is 84.7 Å². The third kappa shape index (κ3) is 12.9. The highest BCUT2D eigenvalue weighted by atomic mass is 35.5. The largest absolute Gasteiger partial charge is 0.497 e. The van der Waals surface area contributed by atoms with Crippen molar-refractivity contribution in [1.82, 2.24) is 21.3 Å². The van der Waals surface area contributed by atoms with Gasteiger partial charge in [0.25, 0.3) is 11.8 Å². The van der Waals surface area contributed by atoms with Crippen LogP contribution in [0.3, 0.4) is 0 Å². The molecule has 0 saturated heterocycles. The number of benzene rings is 3. The molecule has 0 unspecified atom stereocenters. The van der Waals surface area contributed by atoms with Crippen LogP contribution in [0.25, 0.3) is 0 Å². The second kappa shape index (κ2) is 19.0. The summed E-state index contributed by atoms with van der Waals surface area (Å²) in [4.78, 5) is 77.0. The summed E-state index contributed by atoms with van der Waals surface area (Å²) in [5, 5.41) is 17.2. The Labute approximate surface area is 315 Å². The van der Waals surface area contributed by atoms with Crippen LogP contribution in [0.15, 0.2) is 72.8 Å². The fourth-order valence-electron chi connectivity index (χ4n) is 4.89. The van der Waals surface area contributed by atoms with Gasteiger partial charge in [-0.1, -0.05) is 55.8 Å². The summed E-state index contributed by atoms with van der Waals surface area (Å²) < 4.78 is 77.9. The van der Waals surface area contributed by atoms with Gasteiger partial charge >= 0.3 is 18.1 Å². The van der Waals surface area contributed by atoms with Crippen LogP contribution >= 0.6 is 11.6 Å². The summed E-state index contributed by atoms with van der Waals surface area (Å²) in [5.41, 5.74) is 0.526. The molecule has 0 aliphatic rings. The molecule has 3 atom stereocenters.